The lowest BCUT2D eigenvalue weighted by Crippen LogP contribution is -2.40. The Labute approximate surface area is 104 Å². The third-order valence-electron chi connectivity index (χ3n) is 2.43. The summed E-state index contributed by atoms with van der Waals surface area (Å²) in [6, 6.07) is 10.3. The van der Waals surface area contributed by atoms with Crippen molar-refractivity contribution in [3.05, 3.63) is 30.3 Å². The summed E-state index contributed by atoms with van der Waals surface area (Å²) in [6.45, 7) is 7.58. The SMILES string of the molecule is CC(=O)O[C@H](C)C#C[Si](C)(C)c1ccccc1. The molecule has 0 aromatic heterocycles. The average molecular weight is 246 g/mol. The summed E-state index contributed by atoms with van der Waals surface area (Å²) in [6.07, 6.45) is -0.331. The van der Waals surface area contributed by atoms with E-state index < -0.39 is 8.07 Å². The quantitative estimate of drug-likeness (QED) is 0.454. The van der Waals surface area contributed by atoms with Crippen LogP contribution in [0.5, 0.6) is 0 Å². The molecule has 0 saturated carbocycles. The topological polar surface area (TPSA) is 26.3 Å². The maximum Gasteiger partial charge on any atom is 0.303 e. The molecule has 0 saturated heterocycles. The van der Waals surface area contributed by atoms with Crippen LogP contribution in [0.1, 0.15) is 13.8 Å². The summed E-state index contributed by atoms with van der Waals surface area (Å²) >= 11 is 0. The van der Waals surface area contributed by atoms with Crippen molar-refractivity contribution in [2.45, 2.75) is 33.0 Å². The van der Waals surface area contributed by atoms with Crippen LogP contribution in [-0.4, -0.2) is 20.1 Å². The van der Waals surface area contributed by atoms with Crippen molar-refractivity contribution in [3.63, 3.8) is 0 Å². The van der Waals surface area contributed by atoms with Crippen molar-refractivity contribution in [2.24, 2.45) is 0 Å². The Morgan fingerprint density at radius 3 is 2.41 bits per heavy atom. The first-order valence-electron chi connectivity index (χ1n) is 5.67. The number of esters is 1. The van der Waals surface area contributed by atoms with Gasteiger partial charge in [0.15, 0.2) is 14.2 Å². The average Bonchev–Trinajstić information content (AvgIpc) is 2.27. The van der Waals surface area contributed by atoms with Crippen LogP contribution < -0.4 is 5.19 Å². The maximum absolute atomic E-state index is 10.8. The minimum atomic E-state index is -1.75. The van der Waals surface area contributed by atoms with Crippen LogP contribution in [0, 0.1) is 11.5 Å². The molecule has 0 radical (unpaired) electrons. The molecule has 0 aliphatic rings. The molecule has 1 atom stereocenters. The Bertz CT molecular complexity index is 440. The van der Waals surface area contributed by atoms with Crippen molar-refractivity contribution in [2.75, 3.05) is 0 Å². The molecular formula is C14H18O2Si. The van der Waals surface area contributed by atoms with Crippen molar-refractivity contribution >= 4 is 19.2 Å². The van der Waals surface area contributed by atoms with E-state index >= 15 is 0 Å². The van der Waals surface area contributed by atoms with E-state index in [4.69, 9.17) is 4.74 Å². The second kappa shape index (κ2) is 5.69. The lowest BCUT2D eigenvalue weighted by molar-refractivity contribution is -0.143. The summed E-state index contributed by atoms with van der Waals surface area (Å²) in [5.41, 5.74) is 3.29. The first-order chi connectivity index (χ1) is 7.92. The third kappa shape index (κ3) is 4.45. The summed E-state index contributed by atoms with van der Waals surface area (Å²) in [5, 5.41) is 1.29. The van der Waals surface area contributed by atoms with Crippen molar-refractivity contribution in [1.29, 1.82) is 0 Å². The molecule has 0 N–H and O–H groups in total. The largest absolute Gasteiger partial charge is 0.450 e. The van der Waals surface area contributed by atoms with Crippen molar-refractivity contribution in [3.8, 4) is 11.5 Å². The molecule has 0 spiro atoms. The van der Waals surface area contributed by atoms with E-state index in [0.29, 0.717) is 0 Å². The molecule has 17 heavy (non-hydrogen) atoms. The second-order valence-corrected chi connectivity index (χ2v) is 8.59. The number of rotatable bonds is 2. The van der Waals surface area contributed by atoms with Crippen LogP contribution in [0.25, 0.3) is 0 Å². The third-order valence-corrected chi connectivity index (χ3v) is 4.97. The fourth-order valence-electron chi connectivity index (χ4n) is 1.49. The normalized spacial score (nSPS) is 12.2. The molecule has 0 aliphatic carbocycles. The summed E-state index contributed by atoms with van der Waals surface area (Å²) in [5.74, 6) is 2.74. The van der Waals surface area contributed by atoms with Crippen molar-refractivity contribution < 1.29 is 9.53 Å². The first-order valence-corrected chi connectivity index (χ1v) is 8.67. The van der Waals surface area contributed by atoms with Gasteiger partial charge in [-0.15, -0.1) is 5.54 Å². The monoisotopic (exact) mass is 246 g/mol. The minimum absolute atomic E-state index is 0.286. The molecule has 0 amide bonds. The summed E-state index contributed by atoms with van der Waals surface area (Å²) in [7, 11) is -1.75. The van der Waals surface area contributed by atoms with Gasteiger partial charge >= 0.3 is 5.97 Å². The van der Waals surface area contributed by atoms with Gasteiger partial charge < -0.3 is 4.74 Å². The smallest absolute Gasteiger partial charge is 0.303 e. The van der Waals surface area contributed by atoms with E-state index in [1.165, 1.54) is 12.1 Å². The van der Waals surface area contributed by atoms with E-state index in [0.717, 1.165) is 0 Å². The number of hydrogen-bond acceptors (Lipinski definition) is 2. The molecule has 0 aliphatic heterocycles. The van der Waals surface area contributed by atoms with E-state index in [-0.39, 0.29) is 12.1 Å². The highest BCUT2D eigenvalue weighted by molar-refractivity contribution is 6.96. The van der Waals surface area contributed by atoms with Gasteiger partial charge in [0.1, 0.15) is 0 Å². The van der Waals surface area contributed by atoms with E-state index in [1.54, 1.807) is 6.92 Å². The Hall–Kier alpha value is -1.53. The Morgan fingerprint density at radius 2 is 1.88 bits per heavy atom. The van der Waals surface area contributed by atoms with Crippen LogP contribution in [0.4, 0.5) is 0 Å². The van der Waals surface area contributed by atoms with Gasteiger partial charge in [-0.2, -0.15) is 0 Å². The van der Waals surface area contributed by atoms with Gasteiger partial charge in [-0.25, -0.2) is 0 Å². The fourth-order valence-corrected chi connectivity index (χ4v) is 3.22. The second-order valence-electron chi connectivity index (χ2n) is 4.51. The molecule has 90 valence electrons. The molecule has 1 aromatic rings. The van der Waals surface area contributed by atoms with Crippen LogP contribution in [0.15, 0.2) is 30.3 Å². The molecule has 0 bridgehead atoms. The van der Waals surface area contributed by atoms with Gasteiger partial charge in [-0.1, -0.05) is 49.3 Å². The fraction of sp³-hybridized carbons (Fsp3) is 0.357. The van der Waals surface area contributed by atoms with Gasteiger partial charge in [0.05, 0.1) is 0 Å². The highest BCUT2D eigenvalue weighted by Gasteiger charge is 2.20. The lowest BCUT2D eigenvalue weighted by atomic mass is 10.4. The zero-order valence-electron chi connectivity index (χ0n) is 10.8. The van der Waals surface area contributed by atoms with E-state index in [2.05, 4.69) is 36.7 Å². The molecule has 1 aromatic carbocycles. The first kappa shape index (κ1) is 13.5. The van der Waals surface area contributed by atoms with Gasteiger partial charge in [-0.3, -0.25) is 4.79 Å². The van der Waals surface area contributed by atoms with Crippen molar-refractivity contribution in [1.82, 2.24) is 0 Å². The number of hydrogen-bond donors (Lipinski definition) is 0. The lowest BCUT2D eigenvalue weighted by Gasteiger charge is -2.15. The Kier molecular flexibility index (Phi) is 4.53. The van der Waals surface area contributed by atoms with Crippen LogP contribution >= 0.6 is 0 Å². The molecule has 0 unspecified atom stereocenters. The van der Waals surface area contributed by atoms with E-state index in [9.17, 15) is 4.79 Å². The maximum atomic E-state index is 10.8. The molecule has 3 heteroatoms. The van der Waals surface area contributed by atoms with Gasteiger partial charge in [0.2, 0.25) is 0 Å². The molecule has 0 fully saturated rings. The van der Waals surface area contributed by atoms with Crippen LogP contribution in [0.2, 0.25) is 13.1 Å². The highest BCUT2D eigenvalue weighted by atomic mass is 28.3. The zero-order valence-corrected chi connectivity index (χ0v) is 11.8. The zero-order chi connectivity index (χ0) is 12.9. The number of carbonyl (C=O) groups excluding carboxylic acids is 1. The molecule has 0 heterocycles. The minimum Gasteiger partial charge on any atom is -0.450 e. The van der Waals surface area contributed by atoms with Crippen LogP contribution in [-0.2, 0) is 9.53 Å². The summed E-state index contributed by atoms with van der Waals surface area (Å²) in [4.78, 5) is 10.8. The molecule has 2 nitrogen and oxygen atoms in total. The highest BCUT2D eigenvalue weighted by Crippen LogP contribution is 2.02. The van der Waals surface area contributed by atoms with Crippen LogP contribution in [0.3, 0.4) is 0 Å². The number of ether oxygens (including phenoxy) is 1. The van der Waals surface area contributed by atoms with E-state index in [1.807, 2.05) is 18.2 Å². The molecular weight excluding hydrogens is 228 g/mol. The number of carbonyl (C=O) groups is 1. The molecule has 1 rings (SSSR count). The predicted molar refractivity (Wildman–Crippen MR) is 72.6 cm³/mol. The van der Waals surface area contributed by atoms with Gasteiger partial charge in [0.25, 0.3) is 0 Å². The summed E-state index contributed by atoms with van der Waals surface area (Å²) < 4.78 is 4.99. The number of benzene rings is 1. The predicted octanol–water partition coefficient (Wildman–Crippen LogP) is 2.10. The Morgan fingerprint density at radius 1 is 1.29 bits per heavy atom. The van der Waals surface area contributed by atoms with Gasteiger partial charge in [-0.05, 0) is 12.1 Å². The standard InChI is InChI=1S/C14H18O2Si/c1-12(16-13(2)15)10-11-17(3,4)14-8-6-5-7-9-14/h5-9,12H,1-4H3/t12-/m1/s1. The van der Waals surface area contributed by atoms with Gasteiger partial charge in [0, 0.05) is 6.92 Å². The Balaban J connectivity index is 2.80.